The zero-order valence-corrected chi connectivity index (χ0v) is 14.5. The minimum absolute atomic E-state index is 0.197. The molecule has 27 heavy (non-hydrogen) atoms. The van der Waals surface area contributed by atoms with Crippen LogP contribution < -0.4 is 21.7 Å². The first-order valence-electron chi connectivity index (χ1n) is 8.66. The number of nitrogens with zero attached hydrogens (tertiary/aromatic N) is 4. The van der Waals surface area contributed by atoms with Crippen molar-refractivity contribution in [2.45, 2.75) is 18.6 Å². The van der Waals surface area contributed by atoms with E-state index in [-0.39, 0.29) is 12.1 Å². The standard InChI is InChI=1S/C18H20FN7O/c19-13-10-25(16-4-3-11(20)8-22-16)7-5-14(13)24-17-12(18(21)27)9-23-26-6-1-2-15(17)26/h1-4,6,8-9,13-14,24H,5,7,10,20H2,(H2,21,27)/t13-,14-/m1/s1. The number of hydrogen-bond acceptors (Lipinski definition) is 6. The van der Waals surface area contributed by atoms with Gasteiger partial charge in [0.25, 0.3) is 5.91 Å². The molecule has 0 aromatic carbocycles. The van der Waals surface area contributed by atoms with Crippen molar-refractivity contribution in [3.63, 3.8) is 0 Å². The molecule has 0 radical (unpaired) electrons. The van der Waals surface area contributed by atoms with Crippen molar-refractivity contribution in [3.8, 4) is 0 Å². The van der Waals surface area contributed by atoms with E-state index in [9.17, 15) is 9.18 Å². The second-order valence-corrected chi connectivity index (χ2v) is 6.59. The number of primary amides is 1. The van der Waals surface area contributed by atoms with Crippen LogP contribution in [0.4, 0.5) is 21.6 Å². The Hall–Kier alpha value is -3.36. The predicted molar refractivity (Wildman–Crippen MR) is 101 cm³/mol. The Morgan fingerprint density at radius 3 is 2.85 bits per heavy atom. The van der Waals surface area contributed by atoms with E-state index in [0.29, 0.717) is 35.7 Å². The quantitative estimate of drug-likeness (QED) is 0.641. The van der Waals surface area contributed by atoms with Crippen LogP contribution in [0.2, 0.25) is 0 Å². The van der Waals surface area contributed by atoms with Crippen molar-refractivity contribution in [2.24, 2.45) is 5.73 Å². The van der Waals surface area contributed by atoms with Gasteiger partial charge in [0.1, 0.15) is 12.0 Å². The molecular weight excluding hydrogens is 349 g/mol. The van der Waals surface area contributed by atoms with Gasteiger partial charge in [-0.1, -0.05) is 0 Å². The molecule has 0 aliphatic carbocycles. The smallest absolute Gasteiger partial charge is 0.252 e. The first-order chi connectivity index (χ1) is 13.0. The van der Waals surface area contributed by atoms with Crippen molar-refractivity contribution in [1.82, 2.24) is 14.6 Å². The van der Waals surface area contributed by atoms with E-state index in [1.165, 1.54) is 6.20 Å². The summed E-state index contributed by atoms with van der Waals surface area (Å²) in [6.07, 6.45) is 4.11. The van der Waals surface area contributed by atoms with Crippen LogP contribution in [0, 0.1) is 0 Å². The molecule has 9 heteroatoms. The van der Waals surface area contributed by atoms with Gasteiger partial charge in [-0.3, -0.25) is 4.79 Å². The van der Waals surface area contributed by atoms with Gasteiger partial charge in [0.05, 0.1) is 47.4 Å². The fourth-order valence-electron chi connectivity index (χ4n) is 3.38. The molecule has 1 aliphatic heterocycles. The number of halogens is 1. The van der Waals surface area contributed by atoms with Crippen molar-refractivity contribution in [2.75, 3.05) is 29.0 Å². The van der Waals surface area contributed by atoms with Gasteiger partial charge in [0, 0.05) is 12.7 Å². The highest BCUT2D eigenvalue weighted by Gasteiger charge is 2.31. The maximum Gasteiger partial charge on any atom is 0.252 e. The summed E-state index contributed by atoms with van der Waals surface area (Å²) in [5, 5.41) is 7.34. The molecule has 2 atom stereocenters. The Morgan fingerprint density at radius 1 is 1.30 bits per heavy atom. The van der Waals surface area contributed by atoms with E-state index >= 15 is 0 Å². The topological polar surface area (TPSA) is 115 Å². The number of pyridine rings is 1. The highest BCUT2D eigenvalue weighted by molar-refractivity contribution is 6.01. The van der Waals surface area contributed by atoms with Crippen molar-refractivity contribution >= 4 is 28.6 Å². The van der Waals surface area contributed by atoms with E-state index in [1.54, 1.807) is 35.1 Å². The third-order valence-corrected chi connectivity index (χ3v) is 4.80. The second kappa shape index (κ2) is 6.75. The summed E-state index contributed by atoms with van der Waals surface area (Å²) in [7, 11) is 0. The number of nitrogens with two attached hydrogens (primary N) is 2. The molecule has 8 nitrogen and oxygen atoms in total. The van der Waals surface area contributed by atoms with Crippen LogP contribution in [-0.4, -0.2) is 45.8 Å². The average molecular weight is 369 g/mol. The van der Waals surface area contributed by atoms with Crippen molar-refractivity contribution in [1.29, 1.82) is 0 Å². The van der Waals surface area contributed by atoms with Crippen LogP contribution in [0.3, 0.4) is 0 Å². The van der Waals surface area contributed by atoms with Gasteiger partial charge < -0.3 is 21.7 Å². The molecule has 0 bridgehead atoms. The fraction of sp³-hybridized carbons (Fsp3) is 0.278. The highest BCUT2D eigenvalue weighted by atomic mass is 19.1. The summed E-state index contributed by atoms with van der Waals surface area (Å²) in [5.41, 5.74) is 13.1. The maximum atomic E-state index is 14.9. The van der Waals surface area contributed by atoms with Crippen LogP contribution in [0.5, 0.6) is 0 Å². The molecule has 0 saturated carbocycles. The Kier molecular flexibility index (Phi) is 4.27. The summed E-state index contributed by atoms with van der Waals surface area (Å²) in [6.45, 7) is 0.826. The van der Waals surface area contributed by atoms with Crippen LogP contribution in [0.25, 0.3) is 5.52 Å². The Morgan fingerprint density at radius 2 is 2.15 bits per heavy atom. The number of alkyl halides is 1. The third kappa shape index (κ3) is 3.23. The zero-order valence-electron chi connectivity index (χ0n) is 14.5. The maximum absolute atomic E-state index is 14.9. The lowest BCUT2D eigenvalue weighted by atomic mass is 10.0. The first kappa shape index (κ1) is 17.1. The van der Waals surface area contributed by atoms with Gasteiger partial charge in [-0.15, -0.1) is 0 Å². The number of aromatic nitrogens is 3. The summed E-state index contributed by atoms with van der Waals surface area (Å²) in [4.78, 5) is 17.9. The average Bonchev–Trinajstić information content (AvgIpc) is 3.13. The lowest BCUT2D eigenvalue weighted by Crippen LogP contribution is -2.48. The van der Waals surface area contributed by atoms with Gasteiger partial charge >= 0.3 is 0 Å². The molecule has 3 aromatic heterocycles. The van der Waals surface area contributed by atoms with Crippen LogP contribution >= 0.6 is 0 Å². The van der Waals surface area contributed by atoms with E-state index in [0.717, 1.165) is 0 Å². The fourth-order valence-corrected chi connectivity index (χ4v) is 3.38. The molecule has 4 heterocycles. The number of fused-ring (bicyclic) bond motifs is 1. The normalized spacial score (nSPS) is 20.0. The number of nitrogen functional groups attached to an aromatic ring is 1. The molecular formula is C18H20FN7O. The first-order valence-corrected chi connectivity index (χ1v) is 8.66. The van der Waals surface area contributed by atoms with Crippen LogP contribution in [0.1, 0.15) is 16.8 Å². The lowest BCUT2D eigenvalue weighted by molar-refractivity contribution is 0.100. The van der Waals surface area contributed by atoms with Gasteiger partial charge in [0.15, 0.2) is 0 Å². The molecule has 1 amide bonds. The summed E-state index contributed by atoms with van der Waals surface area (Å²) >= 11 is 0. The largest absolute Gasteiger partial charge is 0.397 e. The lowest BCUT2D eigenvalue weighted by Gasteiger charge is -2.36. The van der Waals surface area contributed by atoms with Gasteiger partial charge in [-0.05, 0) is 30.7 Å². The van der Waals surface area contributed by atoms with Crippen molar-refractivity contribution < 1.29 is 9.18 Å². The number of amides is 1. The molecule has 0 unspecified atom stereocenters. The summed E-state index contributed by atoms with van der Waals surface area (Å²) in [5.74, 6) is 0.0913. The molecule has 3 aromatic rings. The summed E-state index contributed by atoms with van der Waals surface area (Å²) in [6, 6.07) is 6.70. The number of nitrogens with one attached hydrogen (secondary N) is 1. The molecule has 5 N–H and O–H groups in total. The van der Waals surface area contributed by atoms with E-state index in [1.807, 2.05) is 11.0 Å². The SMILES string of the molecule is NC(=O)c1cnn2cccc2c1N[C@@H]1CCN(c2ccc(N)cn2)C[C@H]1F. The second-order valence-electron chi connectivity index (χ2n) is 6.59. The molecule has 4 rings (SSSR count). The van der Waals surface area contributed by atoms with Crippen LogP contribution in [0.15, 0.2) is 42.9 Å². The minimum atomic E-state index is -1.15. The molecule has 1 fully saturated rings. The molecule has 1 aliphatic rings. The Labute approximate surface area is 155 Å². The number of piperidine rings is 1. The van der Waals surface area contributed by atoms with E-state index in [2.05, 4.69) is 15.4 Å². The van der Waals surface area contributed by atoms with E-state index in [4.69, 9.17) is 11.5 Å². The summed E-state index contributed by atoms with van der Waals surface area (Å²) < 4.78 is 16.5. The monoisotopic (exact) mass is 369 g/mol. The number of anilines is 3. The van der Waals surface area contributed by atoms with Crippen LogP contribution in [-0.2, 0) is 0 Å². The number of rotatable bonds is 4. The highest BCUT2D eigenvalue weighted by Crippen LogP contribution is 2.27. The number of carbonyl (C=O) groups excluding carboxylic acids is 1. The molecule has 1 saturated heterocycles. The van der Waals surface area contributed by atoms with Crippen molar-refractivity contribution in [3.05, 3.63) is 48.4 Å². The van der Waals surface area contributed by atoms with E-state index < -0.39 is 18.1 Å². The van der Waals surface area contributed by atoms with Gasteiger partial charge in [-0.2, -0.15) is 5.10 Å². The zero-order chi connectivity index (χ0) is 19.0. The Balaban J connectivity index is 1.55. The Bertz CT molecular complexity index is 972. The van der Waals surface area contributed by atoms with Gasteiger partial charge in [-0.25, -0.2) is 13.9 Å². The predicted octanol–water partition coefficient (Wildman–Crippen LogP) is 1.44. The number of carbonyl (C=O) groups is 1. The van der Waals surface area contributed by atoms with Gasteiger partial charge in [0.2, 0.25) is 0 Å². The third-order valence-electron chi connectivity index (χ3n) is 4.80. The molecule has 0 spiro atoms. The number of hydrogen-bond donors (Lipinski definition) is 3. The minimum Gasteiger partial charge on any atom is -0.397 e. The molecule has 140 valence electrons.